The van der Waals surface area contributed by atoms with Crippen LogP contribution in [0.3, 0.4) is 0 Å². The van der Waals surface area contributed by atoms with Crippen molar-refractivity contribution in [2.75, 3.05) is 0 Å². The molecule has 0 aromatic heterocycles. The Morgan fingerprint density at radius 3 is 1.29 bits per heavy atom. The molecular weight excluding hydrogens is 538 g/mol. The monoisotopic (exact) mass is 558 g/mol. The van der Waals surface area contributed by atoms with E-state index in [4.69, 9.17) is 0 Å². The standard InChI is InChI=1S/C8H4F.3C6H5.Pb/c1-2-7-3-5-8(9)6-4-7;3*1-2-4-6-5-3-1;/h3-6H;3*1-5H;. The average Bonchev–Trinajstić information content (AvgIpc) is 2.78. The molecular formula is C26H19FPb. The van der Waals surface area contributed by atoms with E-state index in [1.807, 2.05) is 18.2 Å². The van der Waals surface area contributed by atoms with Gasteiger partial charge in [-0.1, -0.05) is 0 Å². The molecule has 0 atom stereocenters. The summed E-state index contributed by atoms with van der Waals surface area (Å²) in [5, 5.41) is 0. The number of hydrogen-bond acceptors (Lipinski definition) is 0. The molecule has 0 aliphatic rings. The van der Waals surface area contributed by atoms with Crippen molar-refractivity contribution in [3.63, 3.8) is 0 Å². The van der Waals surface area contributed by atoms with Gasteiger partial charge in [0.15, 0.2) is 0 Å². The summed E-state index contributed by atoms with van der Waals surface area (Å²) in [5.74, 6) is 3.15. The molecule has 0 amide bonds. The van der Waals surface area contributed by atoms with Crippen molar-refractivity contribution in [2.24, 2.45) is 0 Å². The normalized spacial score (nSPS) is 10.8. The van der Waals surface area contributed by atoms with E-state index in [0.29, 0.717) is 0 Å². The summed E-state index contributed by atoms with van der Waals surface area (Å²) in [6, 6.07) is 38.4. The molecule has 0 heterocycles. The third-order valence-electron chi connectivity index (χ3n) is 4.86. The summed E-state index contributed by atoms with van der Waals surface area (Å²) in [6.07, 6.45) is 0. The summed E-state index contributed by atoms with van der Waals surface area (Å²) < 4.78 is 21.1. The second-order valence-corrected chi connectivity index (χ2v) is 20.1. The number of halogens is 1. The van der Waals surface area contributed by atoms with Crippen LogP contribution in [0.5, 0.6) is 0 Å². The van der Waals surface area contributed by atoms with Gasteiger partial charge in [-0.2, -0.15) is 0 Å². The van der Waals surface area contributed by atoms with Gasteiger partial charge in [0, 0.05) is 0 Å². The molecule has 0 radical (unpaired) electrons. The Morgan fingerprint density at radius 2 is 0.893 bits per heavy atom. The number of benzene rings is 4. The van der Waals surface area contributed by atoms with E-state index in [2.05, 4.69) is 82.2 Å². The Kier molecular flexibility index (Phi) is 5.68. The molecule has 4 rings (SSSR count). The van der Waals surface area contributed by atoms with Gasteiger partial charge >= 0.3 is 171 Å². The van der Waals surface area contributed by atoms with Gasteiger partial charge in [0.25, 0.3) is 0 Å². The molecule has 4 aromatic rings. The number of rotatable bonds is 3. The van der Waals surface area contributed by atoms with Crippen molar-refractivity contribution in [1.29, 1.82) is 0 Å². The Labute approximate surface area is 170 Å². The van der Waals surface area contributed by atoms with Crippen molar-refractivity contribution >= 4 is 30.5 Å². The quantitative estimate of drug-likeness (QED) is 0.265. The van der Waals surface area contributed by atoms with Crippen molar-refractivity contribution in [3.05, 3.63) is 127 Å². The first-order valence-corrected chi connectivity index (χ1v) is 17.0. The Balaban J connectivity index is 2.00. The van der Waals surface area contributed by atoms with Crippen LogP contribution in [0.15, 0.2) is 115 Å². The molecule has 0 bridgehead atoms. The Hall–Kier alpha value is -2.71. The molecule has 0 saturated heterocycles. The summed E-state index contributed by atoms with van der Waals surface area (Å²) in [4.78, 5) is 0. The molecule has 2 heteroatoms. The second kappa shape index (κ2) is 8.54. The van der Waals surface area contributed by atoms with Crippen LogP contribution in [0.25, 0.3) is 0 Å². The van der Waals surface area contributed by atoms with Gasteiger partial charge in [0.05, 0.1) is 0 Å². The van der Waals surface area contributed by atoms with Gasteiger partial charge in [-0.05, 0) is 0 Å². The predicted molar refractivity (Wildman–Crippen MR) is 117 cm³/mol. The van der Waals surface area contributed by atoms with Gasteiger partial charge in [-0.15, -0.1) is 0 Å². The van der Waals surface area contributed by atoms with E-state index in [1.54, 1.807) is 12.1 Å². The second-order valence-electron chi connectivity index (χ2n) is 6.60. The maximum absolute atomic E-state index is 13.3. The molecule has 134 valence electrons. The van der Waals surface area contributed by atoms with Crippen LogP contribution in [-0.4, -0.2) is 21.2 Å². The van der Waals surface area contributed by atoms with Crippen molar-refractivity contribution in [1.82, 2.24) is 0 Å². The first-order valence-electron chi connectivity index (χ1n) is 9.24. The number of hydrogen-bond donors (Lipinski definition) is 0. The molecule has 0 aliphatic carbocycles. The van der Waals surface area contributed by atoms with Gasteiger partial charge < -0.3 is 0 Å². The van der Waals surface area contributed by atoms with E-state index in [1.165, 1.54) is 21.5 Å². The molecule has 0 aliphatic heterocycles. The zero-order valence-corrected chi connectivity index (χ0v) is 19.2. The first-order chi connectivity index (χ1) is 13.8. The van der Waals surface area contributed by atoms with Crippen molar-refractivity contribution < 1.29 is 4.39 Å². The third kappa shape index (κ3) is 3.79. The fourth-order valence-electron chi connectivity index (χ4n) is 3.48. The summed E-state index contributed by atoms with van der Waals surface area (Å²) in [6.45, 7) is 0. The van der Waals surface area contributed by atoms with Crippen LogP contribution in [0.4, 0.5) is 4.39 Å². The minimum atomic E-state index is -3.74. The maximum atomic E-state index is 13.3. The summed E-state index contributed by atoms with van der Waals surface area (Å²) in [7, 11) is 0. The molecule has 0 fully saturated rings. The zero-order valence-electron chi connectivity index (χ0n) is 15.3. The van der Waals surface area contributed by atoms with Crippen LogP contribution in [0, 0.1) is 15.2 Å². The molecule has 0 unspecified atom stereocenters. The predicted octanol–water partition coefficient (Wildman–Crippen LogP) is 3.89. The fraction of sp³-hybridized carbons (Fsp3) is 0. The average molecular weight is 558 g/mol. The van der Waals surface area contributed by atoms with Crippen LogP contribution in [0.2, 0.25) is 0 Å². The van der Waals surface area contributed by atoms with Gasteiger partial charge in [0.2, 0.25) is 0 Å². The van der Waals surface area contributed by atoms with E-state index < -0.39 is 21.2 Å². The molecule has 4 aromatic carbocycles. The SMILES string of the molecule is Fc1ccc(C#[C][Pb]([c]2ccccc2)([c]2ccccc2)[c]2ccccc2)cc1. The molecule has 0 spiro atoms. The van der Waals surface area contributed by atoms with Crippen LogP contribution >= 0.6 is 0 Å². The van der Waals surface area contributed by atoms with Crippen LogP contribution in [-0.2, 0) is 0 Å². The van der Waals surface area contributed by atoms with E-state index >= 15 is 0 Å². The third-order valence-corrected chi connectivity index (χ3v) is 20.8. The minimum absolute atomic E-state index is 0.240. The molecule has 0 saturated carbocycles. The van der Waals surface area contributed by atoms with Gasteiger partial charge in [-0.3, -0.25) is 0 Å². The van der Waals surface area contributed by atoms with Crippen molar-refractivity contribution in [3.8, 4) is 9.40 Å². The van der Waals surface area contributed by atoms with Crippen LogP contribution < -0.4 is 9.37 Å². The zero-order chi connectivity index (χ0) is 19.2. The fourth-order valence-corrected chi connectivity index (χ4v) is 18.4. The van der Waals surface area contributed by atoms with Gasteiger partial charge in [0.1, 0.15) is 0 Å². The molecule has 0 N–H and O–H groups in total. The van der Waals surface area contributed by atoms with Gasteiger partial charge in [-0.25, -0.2) is 0 Å². The topological polar surface area (TPSA) is 0 Å². The molecule has 0 nitrogen and oxygen atoms in total. The first kappa shape index (κ1) is 18.6. The van der Waals surface area contributed by atoms with Crippen molar-refractivity contribution in [2.45, 2.75) is 0 Å². The van der Waals surface area contributed by atoms with Crippen LogP contribution in [0.1, 0.15) is 5.56 Å². The summed E-state index contributed by atoms with van der Waals surface area (Å²) >= 11 is -3.74. The Morgan fingerprint density at radius 1 is 0.500 bits per heavy atom. The summed E-state index contributed by atoms with van der Waals surface area (Å²) in [5.41, 5.74) is 0.841. The van der Waals surface area contributed by atoms with E-state index in [-0.39, 0.29) is 5.82 Å². The van der Waals surface area contributed by atoms with E-state index in [9.17, 15) is 4.39 Å². The molecule has 28 heavy (non-hydrogen) atoms. The van der Waals surface area contributed by atoms with E-state index in [0.717, 1.165) is 5.56 Å². The Bertz CT molecular complexity index is 997.